The maximum Gasteiger partial charge on any atom is 0.297 e. The van der Waals surface area contributed by atoms with E-state index < -0.39 is 28.6 Å². The number of para-hydroxylation sites is 1. The number of carbonyl (C=O) groups is 2. The second kappa shape index (κ2) is 8.15. The van der Waals surface area contributed by atoms with E-state index in [4.69, 9.17) is 4.42 Å². The molecule has 2 aliphatic heterocycles. The fourth-order valence-corrected chi connectivity index (χ4v) is 6.37. The zero-order chi connectivity index (χ0) is 27.1. The number of anilines is 2. The van der Waals surface area contributed by atoms with Gasteiger partial charge in [-0.15, -0.1) is 10.2 Å². The summed E-state index contributed by atoms with van der Waals surface area (Å²) in [6.45, 7) is 3.90. The highest BCUT2D eigenvalue weighted by molar-refractivity contribution is 7.15. The lowest BCUT2D eigenvalue weighted by Gasteiger charge is -2.32. The molecule has 2 aliphatic rings. The summed E-state index contributed by atoms with van der Waals surface area (Å²) in [5.41, 5.74) is 0.236. The highest BCUT2D eigenvalue weighted by atomic mass is 32.1. The molecule has 1 spiro atoms. The van der Waals surface area contributed by atoms with Gasteiger partial charge in [-0.2, -0.15) is 0 Å². The number of carbonyl (C=O) groups excluding carboxylic acids is 2. The Bertz CT molecular complexity index is 1930. The smallest absolute Gasteiger partial charge is 0.297 e. The molecule has 192 valence electrons. The van der Waals surface area contributed by atoms with Gasteiger partial charge in [-0.05, 0) is 49.2 Å². The number of halogens is 1. The van der Waals surface area contributed by atoms with Crippen LogP contribution >= 0.6 is 11.3 Å². The third-order valence-corrected chi connectivity index (χ3v) is 8.21. The van der Waals surface area contributed by atoms with Crippen LogP contribution in [0.4, 0.5) is 15.2 Å². The number of rotatable bonds is 3. The molecule has 1 unspecified atom stereocenters. The van der Waals surface area contributed by atoms with E-state index in [-0.39, 0.29) is 34.0 Å². The van der Waals surface area contributed by atoms with Crippen molar-refractivity contribution in [3.8, 4) is 0 Å². The fourth-order valence-electron chi connectivity index (χ4n) is 5.63. The average Bonchev–Trinajstić information content (AvgIpc) is 3.54. The van der Waals surface area contributed by atoms with Gasteiger partial charge in [-0.3, -0.25) is 19.3 Å². The van der Waals surface area contributed by atoms with Crippen LogP contribution in [0.2, 0.25) is 0 Å². The van der Waals surface area contributed by atoms with Crippen LogP contribution in [0.15, 0.2) is 75.9 Å². The van der Waals surface area contributed by atoms with Crippen LogP contribution in [0.5, 0.6) is 0 Å². The van der Waals surface area contributed by atoms with Gasteiger partial charge in [0, 0.05) is 5.56 Å². The highest BCUT2D eigenvalue weighted by Gasteiger charge is 2.66. The normalized spacial score (nSPS) is 17.9. The molecule has 2 aromatic heterocycles. The van der Waals surface area contributed by atoms with Gasteiger partial charge in [0.1, 0.15) is 16.4 Å². The van der Waals surface area contributed by atoms with Gasteiger partial charge in [-0.25, -0.2) is 4.39 Å². The van der Waals surface area contributed by atoms with Crippen LogP contribution in [0, 0.1) is 19.7 Å². The zero-order valence-corrected chi connectivity index (χ0v) is 21.6. The predicted octanol–water partition coefficient (Wildman–Crippen LogP) is 4.85. The van der Waals surface area contributed by atoms with E-state index in [0.717, 1.165) is 34.6 Å². The van der Waals surface area contributed by atoms with Crippen molar-refractivity contribution in [2.75, 3.05) is 9.80 Å². The molecule has 7 rings (SSSR count). The number of amides is 2. The Hall–Kier alpha value is -4.70. The van der Waals surface area contributed by atoms with Crippen molar-refractivity contribution >= 4 is 44.9 Å². The molecular weight excluding hydrogens is 519 g/mol. The molecule has 0 aliphatic carbocycles. The number of nitrogens with zero attached hydrogens (tertiary/aromatic N) is 4. The monoisotopic (exact) mass is 538 g/mol. The highest BCUT2D eigenvalue weighted by Crippen LogP contribution is 2.54. The lowest BCUT2D eigenvalue weighted by Crippen LogP contribution is -2.53. The van der Waals surface area contributed by atoms with E-state index in [2.05, 4.69) is 10.2 Å². The van der Waals surface area contributed by atoms with Crippen LogP contribution in [-0.2, 0) is 16.9 Å². The van der Waals surface area contributed by atoms with Crippen molar-refractivity contribution in [1.29, 1.82) is 0 Å². The Morgan fingerprint density at radius 3 is 2.51 bits per heavy atom. The Kier molecular flexibility index (Phi) is 4.89. The fraction of sp³-hybridized carbons (Fsp3) is 0.138. The quantitative estimate of drug-likeness (QED) is 0.326. The lowest BCUT2D eigenvalue weighted by molar-refractivity contribution is -0.121. The Balaban J connectivity index is 1.57. The van der Waals surface area contributed by atoms with Crippen LogP contribution in [-0.4, -0.2) is 22.0 Å². The van der Waals surface area contributed by atoms with E-state index in [9.17, 15) is 18.8 Å². The van der Waals surface area contributed by atoms with Gasteiger partial charge in [0.15, 0.2) is 11.0 Å². The van der Waals surface area contributed by atoms with Crippen LogP contribution in [0.3, 0.4) is 0 Å². The van der Waals surface area contributed by atoms with Crippen LogP contribution < -0.4 is 15.2 Å². The first kappa shape index (κ1) is 23.4. The molecule has 0 N–H and O–H groups in total. The maximum absolute atomic E-state index is 14.8. The number of hydrogen-bond acceptors (Lipinski definition) is 7. The van der Waals surface area contributed by atoms with Crippen molar-refractivity contribution < 1.29 is 18.4 Å². The Morgan fingerprint density at radius 1 is 0.974 bits per heavy atom. The number of fused-ring (bicyclic) bond motifs is 5. The van der Waals surface area contributed by atoms with Crippen molar-refractivity contribution in [2.24, 2.45) is 0 Å². The van der Waals surface area contributed by atoms with Gasteiger partial charge < -0.3 is 9.32 Å². The van der Waals surface area contributed by atoms with Crippen LogP contribution in [0.25, 0.3) is 11.0 Å². The summed E-state index contributed by atoms with van der Waals surface area (Å²) in [7, 11) is 0. The molecule has 4 heterocycles. The molecule has 0 radical (unpaired) electrons. The van der Waals surface area contributed by atoms with E-state index in [0.29, 0.717) is 16.3 Å². The largest absolute Gasteiger partial charge is 0.450 e. The standard InChI is InChI=1S/C29H19FN4O4S/c1-15-7-3-4-8-17(15)14-33-21-10-6-5-9-20(21)29(27(33)37)23-24(35)19-13-18(30)11-12-22(19)38-25(23)26(36)34(29)28-32-31-16(2)39-28/h3-13H,14H2,1-2H3. The first-order valence-corrected chi connectivity index (χ1v) is 13.0. The number of aromatic nitrogens is 2. The molecule has 0 fully saturated rings. The topological polar surface area (TPSA) is 96.6 Å². The molecule has 10 heteroatoms. The van der Waals surface area contributed by atoms with Gasteiger partial charge in [0.05, 0.1) is 23.2 Å². The average molecular weight is 539 g/mol. The third-order valence-electron chi connectivity index (χ3n) is 7.38. The molecular formula is C29H19FN4O4S. The van der Waals surface area contributed by atoms with E-state index >= 15 is 0 Å². The Morgan fingerprint density at radius 2 is 1.74 bits per heavy atom. The van der Waals surface area contributed by atoms with E-state index in [1.807, 2.05) is 31.2 Å². The predicted molar refractivity (Wildman–Crippen MR) is 143 cm³/mol. The number of benzene rings is 3. The summed E-state index contributed by atoms with van der Waals surface area (Å²) in [6, 6.07) is 18.3. The minimum Gasteiger partial charge on any atom is -0.450 e. The molecule has 2 amide bonds. The minimum absolute atomic E-state index is 0.0504. The molecule has 8 nitrogen and oxygen atoms in total. The summed E-state index contributed by atoms with van der Waals surface area (Å²) >= 11 is 1.13. The molecule has 0 bridgehead atoms. The van der Waals surface area contributed by atoms with Gasteiger partial charge >= 0.3 is 0 Å². The molecule has 1 atom stereocenters. The molecule has 39 heavy (non-hydrogen) atoms. The van der Waals surface area contributed by atoms with Crippen molar-refractivity contribution in [3.63, 3.8) is 0 Å². The second-order valence-corrected chi connectivity index (χ2v) is 10.7. The summed E-state index contributed by atoms with van der Waals surface area (Å²) in [4.78, 5) is 45.8. The third kappa shape index (κ3) is 3.06. The molecule has 0 saturated heterocycles. The van der Waals surface area contributed by atoms with E-state index in [1.165, 1.54) is 11.0 Å². The SMILES string of the molecule is Cc1nnc(N2C(=O)c3oc4ccc(F)cc4c(=O)c3C23C(=O)N(Cc2ccccc2C)c2ccccc23)s1. The first-order valence-electron chi connectivity index (χ1n) is 12.2. The first-order chi connectivity index (χ1) is 18.8. The second-order valence-electron chi connectivity index (χ2n) is 9.57. The van der Waals surface area contributed by atoms with E-state index in [1.54, 1.807) is 36.1 Å². The zero-order valence-electron chi connectivity index (χ0n) is 20.8. The lowest BCUT2D eigenvalue weighted by atomic mass is 9.84. The van der Waals surface area contributed by atoms with Crippen LogP contribution in [0.1, 0.15) is 37.8 Å². The molecule has 3 aromatic carbocycles. The van der Waals surface area contributed by atoms with Crippen molar-refractivity contribution in [1.82, 2.24) is 10.2 Å². The van der Waals surface area contributed by atoms with Crippen molar-refractivity contribution in [2.45, 2.75) is 25.9 Å². The van der Waals surface area contributed by atoms with Gasteiger partial charge in [0.25, 0.3) is 11.8 Å². The maximum atomic E-state index is 14.8. The minimum atomic E-state index is -1.90. The molecule has 0 saturated carbocycles. The summed E-state index contributed by atoms with van der Waals surface area (Å²) in [5.74, 6) is -2.10. The number of aryl methyl sites for hydroxylation is 2. The van der Waals surface area contributed by atoms with Crippen molar-refractivity contribution in [3.05, 3.63) is 116 Å². The number of hydrogen-bond donors (Lipinski definition) is 0. The Labute approximate surface area is 224 Å². The molecule has 5 aromatic rings. The summed E-state index contributed by atoms with van der Waals surface area (Å²) < 4.78 is 20.2. The summed E-state index contributed by atoms with van der Waals surface area (Å²) in [5, 5.41) is 8.94. The van der Waals surface area contributed by atoms with Gasteiger partial charge in [-0.1, -0.05) is 53.8 Å². The van der Waals surface area contributed by atoms with Gasteiger partial charge in [0.2, 0.25) is 10.9 Å². The summed E-state index contributed by atoms with van der Waals surface area (Å²) in [6.07, 6.45) is 0.